The maximum Gasteiger partial charge on any atom is 0.261 e. The second kappa shape index (κ2) is 8.43. The predicted molar refractivity (Wildman–Crippen MR) is 128 cm³/mol. The van der Waals surface area contributed by atoms with Crippen molar-refractivity contribution in [3.8, 4) is 0 Å². The summed E-state index contributed by atoms with van der Waals surface area (Å²) in [5.74, 6) is 1.54. The summed E-state index contributed by atoms with van der Waals surface area (Å²) in [5, 5.41) is 13.8. The Morgan fingerprint density at radius 2 is 1.90 bits per heavy atom. The van der Waals surface area contributed by atoms with Gasteiger partial charge in [0.25, 0.3) is 5.56 Å². The first-order chi connectivity index (χ1) is 15.0. The second-order valence-electron chi connectivity index (χ2n) is 7.71. The molecule has 5 nitrogen and oxygen atoms in total. The molecule has 0 spiro atoms. The largest absolute Gasteiger partial charge is 0.390 e. The van der Waals surface area contributed by atoms with E-state index < -0.39 is 6.10 Å². The highest BCUT2D eigenvalue weighted by molar-refractivity contribution is 7.99. The maximum absolute atomic E-state index is 13.5. The predicted octanol–water partition coefficient (Wildman–Crippen LogP) is 4.88. The number of aromatic nitrogens is 3. The summed E-state index contributed by atoms with van der Waals surface area (Å²) >= 11 is 14.1. The summed E-state index contributed by atoms with van der Waals surface area (Å²) in [6.45, 7) is 0. The van der Waals surface area contributed by atoms with Crippen LogP contribution in [0.4, 0.5) is 0 Å². The van der Waals surface area contributed by atoms with Gasteiger partial charge in [0.2, 0.25) is 0 Å². The van der Waals surface area contributed by atoms with Gasteiger partial charge in [0.05, 0.1) is 34.4 Å². The van der Waals surface area contributed by atoms with Gasteiger partial charge >= 0.3 is 0 Å². The molecule has 31 heavy (non-hydrogen) atoms. The molecular weight excluding hydrogens is 453 g/mol. The van der Waals surface area contributed by atoms with Crippen LogP contribution in [0, 0.1) is 0 Å². The minimum Gasteiger partial charge on any atom is -0.390 e. The standard InChI is InChI=1S/C23H19Cl2N3O2S/c24-18-10-26-21(25)9-14(18)7-13-8-17-22(16-4-2-1-3-15(13)16)27-12-28(23(17)30)19-5-6-31-11-20(19)29/h1-4,8-10,12,19-20,29H,5-7,11H2/t19-,20-/m0/s1. The number of halogens is 2. The van der Waals surface area contributed by atoms with E-state index in [1.54, 1.807) is 34.9 Å². The van der Waals surface area contributed by atoms with Gasteiger partial charge in [-0.2, -0.15) is 11.8 Å². The van der Waals surface area contributed by atoms with Crippen molar-refractivity contribution >= 4 is 56.6 Å². The Hall–Kier alpha value is -2.12. The topological polar surface area (TPSA) is 68.0 Å². The summed E-state index contributed by atoms with van der Waals surface area (Å²) in [4.78, 5) is 22.2. The zero-order valence-corrected chi connectivity index (χ0v) is 18.8. The molecule has 0 amide bonds. The first-order valence-corrected chi connectivity index (χ1v) is 11.9. The van der Waals surface area contributed by atoms with Crippen LogP contribution in [0.25, 0.3) is 21.7 Å². The van der Waals surface area contributed by atoms with Crippen molar-refractivity contribution in [1.29, 1.82) is 0 Å². The van der Waals surface area contributed by atoms with Crippen molar-refractivity contribution in [2.45, 2.75) is 25.0 Å². The van der Waals surface area contributed by atoms with E-state index in [1.165, 1.54) is 0 Å². The van der Waals surface area contributed by atoms with Gasteiger partial charge in [0, 0.05) is 17.3 Å². The van der Waals surface area contributed by atoms with Gasteiger partial charge in [0.1, 0.15) is 5.15 Å². The third-order valence-electron chi connectivity index (χ3n) is 5.81. The third kappa shape index (κ3) is 3.82. The van der Waals surface area contributed by atoms with Crippen molar-refractivity contribution in [2.24, 2.45) is 0 Å². The van der Waals surface area contributed by atoms with E-state index in [0.29, 0.717) is 33.3 Å². The van der Waals surface area contributed by atoms with Gasteiger partial charge in [-0.25, -0.2) is 9.97 Å². The molecule has 1 saturated heterocycles. The van der Waals surface area contributed by atoms with Crippen LogP contribution in [0.2, 0.25) is 10.2 Å². The number of hydrogen-bond donors (Lipinski definition) is 1. The molecule has 0 aliphatic carbocycles. The molecule has 0 unspecified atom stereocenters. The summed E-state index contributed by atoms with van der Waals surface area (Å²) in [7, 11) is 0. The van der Waals surface area contributed by atoms with Crippen LogP contribution in [0.5, 0.6) is 0 Å². The number of rotatable bonds is 3. The molecule has 8 heteroatoms. The molecule has 1 fully saturated rings. The first kappa shape index (κ1) is 20.8. The quantitative estimate of drug-likeness (QED) is 0.340. The van der Waals surface area contributed by atoms with Crippen LogP contribution >= 0.6 is 35.0 Å². The van der Waals surface area contributed by atoms with Gasteiger partial charge in [-0.1, -0.05) is 47.5 Å². The van der Waals surface area contributed by atoms with Gasteiger partial charge in [-0.3, -0.25) is 9.36 Å². The Morgan fingerprint density at radius 1 is 1.10 bits per heavy atom. The average Bonchev–Trinajstić information content (AvgIpc) is 2.78. The van der Waals surface area contributed by atoms with Crippen LogP contribution in [0.1, 0.15) is 23.6 Å². The molecule has 2 aromatic heterocycles. The zero-order chi connectivity index (χ0) is 21.5. The van der Waals surface area contributed by atoms with Crippen LogP contribution < -0.4 is 5.56 Å². The van der Waals surface area contributed by atoms with Crippen molar-refractivity contribution in [3.63, 3.8) is 0 Å². The number of pyridine rings is 1. The van der Waals surface area contributed by atoms with Crippen LogP contribution in [0.15, 0.2) is 53.7 Å². The fourth-order valence-corrected chi connectivity index (χ4v) is 5.65. The Balaban J connectivity index is 1.72. The average molecular weight is 472 g/mol. The first-order valence-electron chi connectivity index (χ1n) is 10.00. The van der Waals surface area contributed by atoms with E-state index in [-0.39, 0.29) is 11.6 Å². The maximum atomic E-state index is 13.5. The Bertz CT molecular complexity index is 1360. The van der Waals surface area contributed by atoms with E-state index in [9.17, 15) is 9.90 Å². The van der Waals surface area contributed by atoms with Gasteiger partial charge < -0.3 is 5.11 Å². The lowest BCUT2D eigenvalue weighted by molar-refractivity contribution is 0.126. The second-order valence-corrected chi connectivity index (χ2v) is 9.65. The number of aliphatic hydroxyl groups is 1. The van der Waals surface area contributed by atoms with E-state index >= 15 is 0 Å². The molecule has 4 aromatic rings. The molecule has 2 atom stereocenters. The van der Waals surface area contributed by atoms with Crippen molar-refractivity contribution in [2.75, 3.05) is 11.5 Å². The van der Waals surface area contributed by atoms with Crippen molar-refractivity contribution < 1.29 is 5.11 Å². The lowest BCUT2D eigenvalue weighted by Gasteiger charge is -2.28. The molecule has 2 aromatic carbocycles. The Morgan fingerprint density at radius 3 is 2.71 bits per heavy atom. The Labute approximate surface area is 193 Å². The van der Waals surface area contributed by atoms with E-state index in [0.717, 1.165) is 34.1 Å². The highest BCUT2D eigenvalue weighted by Gasteiger charge is 2.26. The number of benzene rings is 2. The number of thioether (sulfide) groups is 1. The van der Waals surface area contributed by atoms with E-state index in [4.69, 9.17) is 23.2 Å². The number of hydrogen-bond acceptors (Lipinski definition) is 5. The SMILES string of the molecule is O=c1c2cc(Cc3cc(Cl)ncc3Cl)c3ccccc3c2ncn1[C@H]1CCSC[C@@H]1O. The normalized spacial score (nSPS) is 19.2. The van der Waals surface area contributed by atoms with Crippen molar-refractivity contribution in [1.82, 2.24) is 14.5 Å². The van der Waals surface area contributed by atoms with Crippen LogP contribution in [0.3, 0.4) is 0 Å². The molecule has 1 aliphatic rings. The molecule has 3 heterocycles. The smallest absolute Gasteiger partial charge is 0.261 e. The lowest BCUT2D eigenvalue weighted by Crippen LogP contribution is -2.36. The van der Waals surface area contributed by atoms with Crippen LogP contribution in [-0.2, 0) is 6.42 Å². The molecule has 0 bridgehead atoms. The van der Waals surface area contributed by atoms with Gasteiger partial charge in [-0.05, 0) is 47.2 Å². The highest BCUT2D eigenvalue weighted by atomic mass is 35.5. The molecular formula is C23H19Cl2N3O2S. The molecule has 0 saturated carbocycles. The highest BCUT2D eigenvalue weighted by Crippen LogP contribution is 2.31. The molecule has 5 rings (SSSR count). The molecule has 1 aliphatic heterocycles. The number of aliphatic hydroxyl groups excluding tert-OH is 1. The number of fused-ring (bicyclic) bond motifs is 3. The lowest BCUT2D eigenvalue weighted by atomic mass is 9.96. The Kier molecular flexibility index (Phi) is 5.65. The van der Waals surface area contributed by atoms with Crippen molar-refractivity contribution in [3.05, 3.63) is 80.6 Å². The fourth-order valence-electron chi connectivity index (χ4n) is 4.26. The molecule has 158 valence electrons. The minimum absolute atomic E-state index is 0.133. The zero-order valence-electron chi connectivity index (χ0n) is 16.5. The molecule has 1 N–H and O–H groups in total. The monoisotopic (exact) mass is 471 g/mol. The van der Waals surface area contributed by atoms with E-state index in [2.05, 4.69) is 9.97 Å². The van der Waals surface area contributed by atoms with E-state index in [1.807, 2.05) is 30.3 Å². The minimum atomic E-state index is -0.562. The summed E-state index contributed by atoms with van der Waals surface area (Å²) < 4.78 is 1.60. The number of nitrogens with zero attached hydrogens (tertiary/aromatic N) is 3. The summed E-state index contributed by atoms with van der Waals surface area (Å²) in [5.41, 5.74) is 2.34. The fraction of sp³-hybridized carbons (Fsp3) is 0.261. The van der Waals surface area contributed by atoms with Crippen LogP contribution in [-0.4, -0.2) is 37.3 Å². The summed E-state index contributed by atoms with van der Waals surface area (Å²) in [6.07, 6.45) is 3.81. The summed E-state index contributed by atoms with van der Waals surface area (Å²) in [6, 6.07) is 11.3. The third-order valence-corrected chi connectivity index (χ3v) is 7.46. The molecule has 0 radical (unpaired) electrons. The van der Waals surface area contributed by atoms with Gasteiger partial charge in [-0.15, -0.1) is 0 Å². The van der Waals surface area contributed by atoms with Gasteiger partial charge in [0.15, 0.2) is 0 Å².